The Bertz CT molecular complexity index is 912. The van der Waals surface area contributed by atoms with E-state index in [2.05, 4.69) is 16.8 Å². The van der Waals surface area contributed by atoms with E-state index in [9.17, 15) is 18.4 Å². The van der Waals surface area contributed by atoms with Gasteiger partial charge in [0.2, 0.25) is 5.91 Å². The first-order valence-electron chi connectivity index (χ1n) is 10.9. The number of methoxy groups -OCH3 is 1. The van der Waals surface area contributed by atoms with Gasteiger partial charge in [-0.1, -0.05) is 18.2 Å². The van der Waals surface area contributed by atoms with Gasteiger partial charge in [-0.2, -0.15) is 0 Å². The van der Waals surface area contributed by atoms with Gasteiger partial charge < -0.3 is 15.0 Å². The quantitative estimate of drug-likeness (QED) is 0.592. The molecule has 1 amide bonds. The second-order valence-electron chi connectivity index (χ2n) is 8.79. The van der Waals surface area contributed by atoms with Gasteiger partial charge in [-0.3, -0.25) is 14.5 Å². The third-order valence-electron chi connectivity index (χ3n) is 6.85. The van der Waals surface area contributed by atoms with Crippen LogP contribution in [0.15, 0.2) is 24.8 Å². The summed E-state index contributed by atoms with van der Waals surface area (Å²) < 4.78 is 32.4. The minimum Gasteiger partial charge on any atom is -0.495 e. The van der Waals surface area contributed by atoms with E-state index in [1.165, 1.54) is 19.3 Å². The molecule has 3 fully saturated rings. The molecule has 1 aliphatic heterocycles. The molecule has 1 atom stereocenters. The third kappa shape index (κ3) is 4.62. The van der Waals surface area contributed by atoms with Gasteiger partial charge >= 0.3 is 0 Å². The van der Waals surface area contributed by atoms with Crippen molar-refractivity contribution in [2.24, 2.45) is 5.92 Å². The maximum absolute atomic E-state index is 13.5. The molecule has 0 radical (unpaired) electrons. The summed E-state index contributed by atoms with van der Waals surface area (Å²) in [4.78, 5) is 28.5. The van der Waals surface area contributed by atoms with Gasteiger partial charge in [0.15, 0.2) is 5.78 Å². The molecule has 3 aliphatic rings. The Balaban J connectivity index is 1.29. The number of alkyl halides is 2. The van der Waals surface area contributed by atoms with Crippen LogP contribution in [0.1, 0.15) is 30.7 Å². The minimum absolute atomic E-state index is 0.0395. The molecule has 2 saturated carbocycles. The van der Waals surface area contributed by atoms with Crippen LogP contribution >= 0.6 is 11.6 Å². The highest BCUT2D eigenvalue weighted by Gasteiger charge is 2.58. The summed E-state index contributed by atoms with van der Waals surface area (Å²) in [6, 6.07) is 3.48. The number of ether oxygens (including phenoxy) is 1. The van der Waals surface area contributed by atoms with Crippen molar-refractivity contribution in [3.05, 3.63) is 35.4 Å². The minimum atomic E-state index is -2.73. The van der Waals surface area contributed by atoms with Crippen molar-refractivity contribution < 1.29 is 23.1 Å². The Labute approximate surface area is 191 Å². The van der Waals surface area contributed by atoms with Crippen LogP contribution in [-0.2, 0) is 9.59 Å². The van der Waals surface area contributed by atoms with E-state index in [0.29, 0.717) is 36.1 Å². The van der Waals surface area contributed by atoms with Crippen LogP contribution in [-0.4, -0.2) is 73.3 Å². The summed E-state index contributed by atoms with van der Waals surface area (Å²) in [5.74, 6) is -3.06. The number of halogens is 3. The molecule has 1 N–H and O–H groups in total. The Morgan fingerprint density at radius 3 is 2.50 bits per heavy atom. The second kappa shape index (κ2) is 8.98. The average molecular weight is 468 g/mol. The van der Waals surface area contributed by atoms with E-state index in [0.717, 1.165) is 25.9 Å². The molecular weight excluding hydrogens is 440 g/mol. The lowest BCUT2D eigenvalue weighted by Crippen LogP contribution is -2.56. The lowest BCUT2D eigenvalue weighted by atomic mass is 9.76. The van der Waals surface area contributed by atoms with Gasteiger partial charge in [0.05, 0.1) is 25.3 Å². The topological polar surface area (TPSA) is 61.9 Å². The summed E-state index contributed by atoms with van der Waals surface area (Å²) in [7, 11) is 1.47. The number of amides is 1. The zero-order valence-electron chi connectivity index (χ0n) is 18.1. The number of carbonyl (C=O) groups excluding carboxylic acids is 2. The van der Waals surface area contributed by atoms with E-state index in [4.69, 9.17) is 16.3 Å². The molecule has 1 aromatic rings. The van der Waals surface area contributed by atoms with Crippen LogP contribution in [0.5, 0.6) is 5.75 Å². The molecule has 1 saturated heterocycles. The average Bonchev–Trinajstić information content (AvgIpc) is 3.39. The number of hydrogen-bond donors (Lipinski definition) is 1. The summed E-state index contributed by atoms with van der Waals surface area (Å²) >= 11 is 6.17. The molecule has 2 aliphatic carbocycles. The van der Waals surface area contributed by atoms with Crippen molar-refractivity contribution in [1.82, 2.24) is 9.80 Å². The standard InChI is InChI=1S/C23H28ClF2N3O3/c1-3-20(30)14-8-15(9-14)28-4-6-29(7-5-28)22(31)13-27-19-10-16(17-12-23(17,25)26)18(24)11-21(19)32-2/h3,10-11,14-15,17,27H,1,4-9,12-13H2,2H3. The van der Waals surface area contributed by atoms with Crippen LogP contribution in [0.3, 0.4) is 0 Å². The van der Waals surface area contributed by atoms with Crippen molar-refractivity contribution in [2.45, 2.75) is 37.1 Å². The maximum Gasteiger partial charge on any atom is 0.255 e. The highest BCUT2D eigenvalue weighted by Crippen LogP contribution is 2.58. The number of nitrogens with one attached hydrogen (secondary N) is 1. The van der Waals surface area contributed by atoms with E-state index in [1.807, 2.05) is 0 Å². The summed E-state index contributed by atoms with van der Waals surface area (Å²) in [6.07, 6.45) is 2.91. The molecule has 9 heteroatoms. The Morgan fingerprint density at radius 1 is 1.28 bits per heavy atom. The van der Waals surface area contributed by atoms with E-state index >= 15 is 0 Å². The van der Waals surface area contributed by atoms with Crippen molar-refractivity contribution in [3.63, 3.8) is 0 Å². The van der Waals surface area contributed by atoms with Crippen LogP contribution < -0.4 is 10.1 Å². The van der Waals surface area contributed by atoms with Gasteiger partial charge in [0, 0.05) is 55.6 Å². The fourth-order valence-electron chi connectivity index (χ4n) is 4.60. The largest absolute Gasteiger partial charge is 0.495 e. The monoisotopic (exact) mass is 467 g/mol. The fourth-order valence-corrected chi connectivity index (χ4v) is 4.89. The predicted molar refractivity (Wildman–Crippen MR) is 119 cm³/mol. The Hall–Kier alpha value is -2.19. The number of nitrogens with zero attached hydrogens (tertiary/aromatic N) is 2. The molecule has 0 aromatic heterocycles. The van der Waals surface area contributed by atoms with E-state index in [-0.39, 0.29) is 35.6 Å². The maximum atomic E-state index is 13.5. The van der Waals surface area contributed by atoms with E-state index in [1.54, 1.807) is 11.0 Å². The Kier molecular flexibility index (Phi) is 6.45. The number of ketones is 1. The molecule has 174 valence electrons. The first kappa shape index (κ1) is 23.0. The SMILES string of the molecule is C=CC(=O)C1CC(N2CCN(C(=O)CNc3cc(C4CC4(F)F)c(Cl)cc3OC)CC2)C1. The Morgan fingerprint density at radius 2 is 1.94 bits per heavy atom. The van der Waals surface area contributed by atoms with Crippen molar-refractivity contribution >= 4 is 29.0 Å². The lowest BCUT2D eigenvalue weighted by Gasteiger charge is -2.45. The molecule has 0 spiro atoms. The number of hydrogen-bond acceptors (Lipinski definition) is 5. The number of anilines is 1. The normalized spacial score (nSPS) is 26.8. The molecule has 1 aromatic carbocycles. The van der Waals surface area contributed by atoms with Crippen molar-refractivity contribution in [2.75, 3.05) is 45.2 Å². The van der Waals surface area contributed by atoms with Gasteiger partial charge in [0.1, 0.15) is 5.75 Å². The number of carbonyl (C=O) groups is 2. The molecule has 4 rings (SSSR count). The summed E-state index contributed by atoms with van der Waals surface area (Å²) in [6.45, 7) is 6.37. The fraction of sp³-hybridized carbons (Fsp3) is 0.565. The van der Waals surface area contributed by atoms with Gasteiger partial charge in [-0.05, 0) is 30.5 Å². The van der Waals surface area contributed by atoms with Crippen LogP contribution in [0.2, 0.25) is 5.02 Å². The lowest BCUT2D eigenvalue weighted by molar-refractivity contribution is -0.132. The molecule has 32 heavy (non-hydrogen) atoms. The smallest absolute Gasteiger partial charge is 0.255 e. The number of benzene rings is 1. The number of piperazine rings is 1. The summed E-state index contributed by atoms with van der Waals surface area (Å²) in [5, 5.41) is 3.28. The summed E-state index contributed by atoms with van der Waals surface area (Å²) in [5.41, 5.74) is 0.851. The first-order valence-corrected chi connectivity index (χ1v) is 11.3. The molecule has 0 bridgehead atoms. The van der Waals surface area contributed by atoms with Crippen LogP contribution in [0.25, 0.3) is 0 Å². The zero-order chi connectivity index (χ0) is 23.0. The molecular formula is C23H28ClF2N3O3. The van der Waals surface area contributed by atoms with Gasteiger partial charge in [-0.25, -0.2) is 8.78 Å². The van der Waals surface area contributed by atoms with Crippen LogP contribution in [0, 0.1) is 5.92 Å². The molecule has 6 nitrogen and oxygen atoms in total. The van der Waals surface area contributed by atoms with Crippen molar-refractivity contribution in [1.29, 1.82) is 0 Å². The number of allylic oxidation sites excluding steroid dienone is 1. The predicted octanol–water partition coefficient (Wildman–Crippen LogP) is 3.56. The highest BCUT2D eigenvalue weighted by atomic mass is 35.5. The van der Waals surface area contributed by atoms with Gasteiger partial charge in [0.25, 0.3) is 5.92 Å². The third-order valence-corrected chi connectivity index (χ3v) is 7.18. The van der Waals surface area contributed by atoms with Crippen LogP contribution in [0.4, 0.5) is 14.5 Å². The highest BCUT2D eigenvalue weighted by molar-refractivity contribution is 6.31. The zero-order valence-corrected chi connectivity index (χ0v) is 18.8. The molecule has 1 heterocycles. The van der Waals surface area contributed by atoms with Crippen molar-refractivity contribution in [3.8, 4) is 5.75 Å². The first-order chi connectivity index (χ1) is 15.2. The molecule has 1 unspecified atom stereocenters. The number of rotatable bonds is 8. The van der Waals surface area contributed by atoms with E-state index < -0.39 is 11.8 Å². The second-order valence-corrected chi connectivity index (χ2v) is 9.20. The van der Waals surface area contributed by atoms with Gasteiger partial charge in [-0.15, -0.1) is 0 Å².